The van der Waals surface area contributed by atoms with Crippen molar-refractivity contribution in [2.75, 3.05) is 0 Å². The lowest BCUT2D eigenvalue weighted by molar-refractivity contribution is -0.499. The summed E-state index contributed by atoms with van der Waals surface area (Å²) in [6, 6.07) is 5.36. The average molecular weight is 164 g/mol. The summed E-state index contributed by atoms with van der Waals surface area (Å²) in [6.45, 7) is 3.54. The van der Waals surface area contributed by atoms with Crippen molar-refractivity contribution in [1.82, 2.24) is 4.98 Å². The van der Waals surface area contributed by atoms with Crippen LogP contribution in [0, 0.1) is 5.21 Å². The maximum Gasteiger partial charge on any atom is 0.202 e. The second-order valence-electron chi connectivity index (χ2n) is 2.55. The van der Waals surface area contributed by atoms with Gasteiger partial charge in [-0.3, -0.25) is 4.98 Å². The summed E-state index contributed by atoms with van der Waals surface area (Å²) < 4.78 is 0.891. The van der Waals surface area contributed by atoms with Crippen LogP contribution in [-0.4, -0.2) is 15.9 Å². The van der Waals surface area contributed by atoms with Crippen molar-refractivity contribution < 1.29 is 4.74 Å². The fourth-order valence-electron chi connectivity index (χ4n) is 0.977. The van der Waals surface area contributed by atoms with E-state index in [4.69, 9.17) is 0 Å². The summed E-state index contributed by atoms with van der Waals surface area (Å²) in [7, 11) is 0. The van der Waals surface area contributed by atoms with Gasteiger partial charge in [-0.2, -0.15) is 0 Å². The number of rotatable bonds is 2. The molecule has 0 aliphatic heterocycles. The van der Waals surface area contributed by atoms with E-state index in [1.807, 2.05) is 25.1 Å². The molecule has 3 nitrogen and oxygen atoms in total. The van der Waals surface area contributed by atoms with Crippen LogP contribution in [0.1, 0.15) is 25.6 Å². The van der Waals surface area contributed by atoms with Crippen LogP contribution >= 0.6 is 0 Å². The Labute approximate surface area is 72.0 Å². The van der Waals surface area contributed by atoms with Crippen LogP contribution in [0.4, 0.5) is 0 Å². The van der Waals surface area contributed by atoms with E-state index in [0.29, 0.717) is 0 Å². The van der Waals surface area contributed by atoms with E-state index in [1.54, 1.807) is 13.1 Å². The van der Waals surface area contributed by atoms with E-state index in [2.05, 4.69) is 4.98 Å². The van der Waals surface area contributed by atoms with Crippen LogP contribution in [0.25, 0.3) is 0 Å². The summed E-state index contributed by atoms with van der Waals surface area (Å²) >= 11 is 0. The number of hydroxylamine groups is 1. The molecule has 0 saturated carbocycles. The van der Waals surface area contributed by atoms with Gasteiger partial charge in [0.1, 0.15) is 11.9 Å². The topological polar surface area (TPSA) is 39.0 Å². The molecule has 0 spiro atoms. The molecule has 0 bridgehead atoms. The maximum absolute atomic E-state index is 11.1. The Morgan fingerprint density at radius 1 is 1.58 bits per heavy atom. The highest BCUT2D eigenvalue weighted by Crippen LogP contribution is 2.11. The molecule has 1 rings (SSSR count). The third-order valence-electron chi connectivity index (χ3n) is 1.75. The Balaban J connectivity index is 2.86. The summed E-state index contributed by atoms with van der Waals surface area (Å²) in [5.74, 6) is 0. The minimum absolute atomic E-state index is 0.198. The molecule has 12 heavy (non-hydrogen) atoms. The van der Waals surface area contributed by atoms with Gasteiger partial charge in [-0.05, 0) is 12.1 Å². The second kappa shape index (κ2) is 3.85. The van der Waals surface area contributed by atoms with Gasteiger partial charge in [-0.25, -0.2) is 4.74 Å². The second-order valence-corrected chi connectivity index (χ2v) is 2.55. The first-order valence-corrected chi connectivity index (χ1v) is 3.91. The zero-order valence-electron chi connectivity index (χ0n) is 7.27. The molecule has 1 heterocycles. The Hall–Kier alpha value is -1.38. The molecule has 64 valence electrons. The van der Waals surface area contributed by atoms with Gasteiger partial charge in [-0.15, -0.1) is 0 Å². The van der Waals surface area contributed by atoms with Crippen LogP contribution in [0.3, 0.4) is 0 Å². The molecule has 3 heteroatoms. The molecule has 1 aromatic heterocycles. The molecule has 1 atom stereocenters. The minimum Gasteiger partial charge on any atom is -0.624 e. The van der Waals surface area contributed by atoms with Gasteiger partial charge in [0.25, 0.3) is 0 Å². The predicted octanol–water partition coefficient (Wildman–Crippen LogP) is 1.74. The molecule has 0 radical (unpaired) electrons. The van der Waals surface area contributed by atoms with E-state index in [0.717, 1.165) is 10.4 Å². The van der Waals surface area contributed by atoms with Crippen molar-refractivity contribution in [3.63, 3.8) is 0 Å². The SMILES string of the molecule is C/C=[N+](\[O-])C(C)c1ccccn1. The molecular formula is C9H12N2O. The number of pyridine rings is 1. The van der Waals surface area contributed by atoms with Gasteiger partial charge in [0.15, 0.2) is 0 Å². The lowest BCUT2D eigenvalue weighted by Crippen LogP contribution is -2.10. The Morgan fingerprint density at radius 3 is 2.83 bits per heavy atom. The first-order chi connectivity index (χ1) is 5.75. The third-order valence-corrected chi connectivity index (χ3v) is 1.75. The lowest BCUT2D eigenvalue weighted by atomic mass is 10.2. The van der Waals surface area contributed by atoms with Gasteiger partial charge < -0.3 is 5.21 Å². The van der Waals surface area contributed by atoms with Crippen LogP contribution in [-0.2, 0) is 0 Å². The van der Waals surface area contributed by atoms with Gasteiger partial charge >= 0.3 is 0 Å². The fraction of sp³-hybridized carbons (Fsp3) is 0.333. The minimum atomic E-state index is -0.198. The molecule has 0 saturated heterocycles. The molecule has 0 N–H and O–H groups in total. The highest BCUT2D eigenvalue weighted by molar-refractivity contribution is 5.47. The van der Waals surface area contributed by atoms with Crippen molar-refractivity contribution in [3.05, 3.63) is 35.3 Å². The Morgan fingerprint density at radius 2 is 2.33 bits per heavy atom. The highest BCUT2D eigenvalue weighted by atomic mass is 16.5. The third kappa shape index (κ3) is 1.81. The summed E-state index contributed by atoms with van der Waals surface area (Å²) in [6.07, 6.45) is 3.19. The zero-order chi connectivity index (χ0) is 8.97. The molecule has 0 fully saturated rings. The Kier molecular flexibility index (Phi) is 2.80. The Bertz CT molecular complexity index is 269. The molecule has 0 amide bonds. The summed E-state index contributed by atoms with van der Waals surface area (Å²) in [5.41, 5.74) is 0.797. The monoisotopic (exact) mass is 164 g/mol. The standard InChI is InChI=1S/C9H12N2O/c1-3-11(12)8(2)9-6-4-5-7-10-9/h3-8H,1-2H3/b11-3-. The van der Waals surface area contributed by atoms with E-state index in [1.165, 1.54) is 6.21 Å². The quantitative estimate of drug-likeness (QED) is 0.289. The predicted molar refractivity (Wildman–Crippen MR) is 48.0 cm³/mol. The number of hydrogen-bond donors (Lipinski definition) is 0. The highest BCUT2D eigenvalue weighted by Gasteiger charge is 2.11. The van der Waals surface area contributed by atoms with Crippen LogP contribution in [0.5, 0.6) is 0 Å². The van der Waals surface area contributed by atoms with Crippen molar-refractivity contribution in [2.45, 2.75) is 19.9 Å². The summed E-state index contributed by atoms with van der Waals surface area (Å²) in [5, 5.41) is 11.1. The molecule has 0 aromatic carbocycles. The van der Waals surface area contributed by atoms with Crippen molar-refractivity contribution in [2.24, 2.45) is 0 Å². The van der Waals surface area contributed by atoms with Gasteiger partial charge in [0.2, 0.25) is 6.04 Å². The summed E-state index contributed by atoms with van der Waals surface area (Å²) in [4.78, 5) is 4.09. The van der Waals surface area contributed by atoms with Gasteiger partial charge in [0.05, 0.1) is 0 Å². The lowest BCUT2D eigenvalue weighted by Gasteiger charge is -2.10. The molecule has 1 unspecified atom stereocenters. The van der Waals surface area contributed by atoms with Crippen molar-refractivity contribution >= 4 is 6.21 Å². The molecule has 0 aliphatic rings. The van der Waals surface area contributed by atoms with Crippen LogP contribution in [0.15, 0.2) is 24.4 Å². The first kappa shape index (κ1) is 8.71. The molecular weight excluding hydrogens is 152 g/mol. The van der Waals surface area contributed by atoms with Gasteiger partial charge in [-0.1, -0.05) is 6.07 Å². The van der Waals surface area contributed by atoms with E-state index in [-0.39, 0.29) is 6.04 Å². The normalized spacial score (nSPS) is 14.3. The zero-order valence-corrected chi connectivity index (χ0v) is 7.27. The fourth-order valence-corrected chi connectivity index (χ4v) is 0.977. The average Bonchev–Trinajstić information content (AvgIpc) is 2.17. The van der Waals surface area contributed by atoms with Crippen molar-refractivity contribution in [3.8, 4) is 0 Å². The molecule has 1 aromatic rings. The largest absolute Gasteiger partial charge is 0.624 e. The van der Waals surface area contributed by atoms with Crippen LogP contribution < -0.4 is 0 Å². The number of hydrogen-bond acceptors (Lipinski definition) is 2. The van der Waals surface area contributed by atoms with E-state index >= 15 is 0 Å². The van der Waals surface area contributed by atoms with E-state index in [9.17, 15) is 5.21 Å². The smallest absolute Gasteiger partial charge is 0.202 e. The van der Waals surface area contributed by atoms with Crippen molar-refractivity contribution in [1.29, 1.82) is 0 Å². The van der Waals surface area contributed by atoms with Gasteiger partial charge in [0, 0.05) is 20.0 Å². The maximum atomic E-state index is 11.1. The van der Waals surface area contributed by atoms with E-state index < -0.39 is 0 Å². The van der Waals surface area contributed by atoms with Crippen LogP contribution in [0.2, 0.25) is 0 Å². The molecule has 0 aliphatic carbocycles. The number of nitrogens with zero attached hydrogens (tertiary/aromatic N) is 2. The first-order valence-electron chi connectivity index (χ1n) is 3.91. The number of aromatic nitrogens is 1.